The van der Waals surface area contributed by atoms with Crippen molar-refractivity contribution in [2.45, 2.75) is 64.5 Å². The molecule has 158 valence electrons. The lowest BCUT2D eigenvalue weighted by atomic mass is 9.95. The van der Waals surface area contributed by atoms with Crippen LogP contribution in [0.1, 0.15) is 62.8 Å². The Kier molecular flexibility index (Phi) is 7.51. The van der Waals surface area contributed by atoms with Crippen LogP contribution < -0.4 is 11.1 Å². The Morgan fingerprint density at radius 1 is 1.14 bits per heavy atom. The highest BCUT2D eigenvalue weighted by Gasteiger charge is 2.22. The van der Waals surface area contributed by atoms with Gasteiger partial charge in [0.25, 0.3) is 0 Å². The second-order valence-electron chi connectivity index (χ2n) is 8.70. The zero-order valence-electron chi connectivity index (χ0n) is 18.0. The Morgan fingerprint density at radius 3 is 2.48 bits per heavy atom. The molecule has 0 aliphatic carbocycles. The second-order valence-corrected chi connectivity index (χ2v) is 8.70. The number of nitrogen functional groups attached to an aromatic ring is 1. The zero-order valence-corrected chi connectivity index (χ0v) is 18.0. The van der Waals surface area contributed by atoms with Crippen LogP contribution in [0.2, 0.25) is 0 Å². The number of aliphatic hydroxyl groups excluding tert-OH is 1. The third-order valence-electron chi connectivity index (χ3n) is 5.79. The van der Waals surface area contributed by atoms with E-state index in [2.05, 4.69) is 53.3 Å². The van der Waals surface area contributed by atoms with Crippen LogP contribution >= 0.6 is 0 Å². The SMILES string of the molecule is CCCC[C@](C)(CO)Nc1cc(N)nc(Cc2ccc(CN3CCCC3)cc2)c1. The van der Waals surface area contributed by atoms with E-state index in [1.807, 2.05) is 12.1 Å². The van der Waals surface area contributed by atoms with Crippen molar-refractivity contribution >= 4 is 11.5 Å². The molecule has 1 saturated heterocycles. The van der Waals surface area contributed by atoms with Crippen molar-refractivity contribution in [1.82, 2.24) is 9.88 Å². The fraction of sp³-hybridized carbons (Fsp3) is 0.542. The number of unbranched alkanes of at least 4 members (excludes halogenated alkanes) is 1. The monoisotopic (exact) mass is 396 g/mol. The summed E-state index contributed by atoms with van der Waals surface area (Å²) in [6.07, 6.45) is 6.48. The van der Waals surface area contributed by atoms with Gasteiger partial charge in [-0.05, 0) is 56.5 Å². The van der Waals surface area contributed by atoms with E-state index in [1.165, 1.54) is 37.1 Å². The number of aromatic nitrogens is 1. The van der Waals surface area contributed by atoms with Crippen LogP contribution in [0.3, 0.4) is 0 Å². The number of hydrogen-bond donors (Lipinski definition) is 3. The highest BCUT2D eigenvalue weighted by atomic mass is 16.3. The molecular weight excluding hydrogens is 360 g/mol. The van der Waals surface area contributed by atoms with Crippen LogP contribution in [0.15, 0.2) is 36.4 Å². The fourth-order valence-corrected chi connectivity index (χ4v) is 4.04. The summed E-state index contributed by atoms with van der Waals surface area (Å²) in [6.45, 7) is 7.78. The van der Waals surface area contributed by atoms with Crippen molar-refractivity contribution in [2.75, 3.05) is 30.7 Å². The summed E-state index contributed by atoms with van der Waals surface area (Å²) in [6, 6.07) is 12.8. The molecule has 0 unspecified atom stereocenters. The largest absolute Gasteiger partial charge is 0.394 e. The molecule has 5 nitrogen and oxygen atoms in total. The molecule has 0 saturated carbocycles. The van der Waals surface area contributed by atoms with Gasteiger partial charge in [-0.25, -0.2) is 4.98 Å². The van der Waals surface area contributed by atoms with Crippen molar-refractivity contribution in [3.8, 4) is 0 Å². The molecule has 2 aromatic rings. The quantitative estimate of drug-likeness (QED) is 0.561. The number of aliphatic hydroxyl groups is 1. The zero-order chi connectivity index (χ0) is 20.7. The molecule has 0 radical (unpaired) electrons. The molecule has 2 heterocycles. The first-order valence-electron chi connectivity index (χ1n) is 11.0. The number of hydrogen-bond acceptors (Lipinski definition) is 5. The fourth-order valence-electron chi connectivity index (χ4n) is 4.04. The first-order chi connectivity index (χ1) is 14.0. The summed E-state index contributed by atoms with van der Waals surface area (Å²) < 4.78 is 0. The van der Waals surface area contributed by atoms with E-state index in [4.69, 9.17) is 5.73 Å². The first kappa shape index (κ1) is 21.6. The third-order valence-corrected chi connectivity index (χ3v) is 5.79. The minimum absolute atomic E-state index is 0.0864. The highest BCUT2D eigenvalue weighted by Crippen LogP contribution is 2.24. The maximum atomic E-state index is 9.86. The van der Waals surface area contributed by atoms with E-state index in [0.717, 1.165) is 43.6 Å². The number of nitrogens with two attached hydrogens (primary N) is 1. The van der Waals surface area contributed by atoms with Gasteiger partial charge < -0.3 is 16.2 Å². The number of benzene rings is 1. The molecule has 5 heteroatoms. The van der Waals surface area contributed by atoms with E-state index in [-0.39, 0.29) is 12.1 Å². The van der Waals surface area contributed by atoms with Gasteiger partial charge in [-0.2, -0.15) is 0 Å². The van der Waals surface area contributed by atoms with Crippen molar-refractivity contribution < 1.29 is 5.11 Å². The first-order valence-corrected chi connectivity index (χ1v) is 11.0. The predicted octanol–water partition coefficient (Wildman–Crippen LogP) is 4.20. The average molecular weight is 397 g/mol. The Labute approximate surface area is 175 Å². The van der Waals surface area contributed by atoms with Gasteiger partial charge in [-0.15, -0.1) is 0 Å². The molecule has 3 rings (SSSR count). The maximum absolute atomic E-state index is 9.86. The smallest absolute Gasteiger partial charge is 0.125 e. The van der Waals surface area contributed by atoms with Crippen molar-refractivity contribution in [3.63, 3.8) is 0 Å². The van der Waals surface area contributed by atoms with Gasteiger partial charge in [0.1, 0.15) is 5.82 Å². The molecule has 0 amide bonds. The average Bonchev–Trinajstić information content (AvgIpc) is 3.20. The van der Waals surface area contributed by atoms with Gasteiger partial charge in [0, 0.05) is 30.4 Å². The topological polar surface area (TPSA) is 74.4 Å². The van der Waals surface area contributed by atoms with Crippen LogP contribution in [0.25, 0.3) is 0 Å². The van der Waals surface area contributed by atoms with E-state index < -0.39 is 0 Å². The molecule has 1 atom stereocenters. The normalized spacial score (nSPS) is 16.7. The number of likely N-dealkylation sites (tertiary alicyclic amines) is 1. The highest BCUT2D eigenvalue weighted by molar-refractivity contribution is 5.54. The van der Waals surface area contributed by atoms with E-state index >= 15 is 0 Å². The Hall–Kier alpha value is -2.11. The van der Waals surface area contributed by atoms with E-state index in [0.29, 0.717) is 5.82 Å². The lowest BCUT2D eigenvalue weighted by molar-refractivity contribution is 0.212. The van der Waals surface area contributed by atoms with Crippen LogP contribution in [0.4, 0.5) is 11.5 Å². The molecule has 4 N–H and O–H groups in total. The van der Waals surface area contributed by atoms with Crippen LogP contribution in [0.5, 0.6) is 0 Å². The summed E-state index contributed by atoms with van der Waals surface area (Å²) in [5.74, 6) is 0.506. The lowest BCUT2D eigenvalue weighted by Crippen LogP contribution is -2.38. The second kappa shape index (κ2) is 10.1. The van der Waals surface area contributed by atoms with Gasteiger partial charge in [0.2, 0.25) is 0 Å². The lowest BCUT2D eigenvalue weighted by Gasteiger charge is -2.30. The van der Waals surface area contributed by atoms with Gasteiger partial charge in [0.15, 0.2) is 0 Å². The van der Waals surface area contributed by atoms with Crippen LogP contribution in [0, 0.1) is 0 Å². The van der Waals surface area contributed by atoms with Gasteiger partial charge in [0.05, 0.1) is 12.1 Å². The molecule has 0 bridgehead atoms. The summed E-state index contributed by atoms with van der Waals surface area (Å²) in [5, 5.41) is 13.3. The molecule has 29 heavy (non-hydrogen) atoms. The van der Waals surface area contributed by atoms with Crippen molar-refractivity contribution in [2.24, 2.45) is 0 Å². The van der Waals surface area contributed by atoms with Crippen LogP contribution in [-0.2, 0) is 13.0 Å². The van der Waals surface area contributed by atoms with E-state index in [1.54, 1.807) is 0 Å². The van der Waals surface area contributed by atoms with Crippen molar-refractivity contribution in [3.05, 3.63) is 53.2 Å². The van der Waals surface area contributed by atoms with E-state index in [9.17, 15) is 5.11 Å². The number of rotatable bonds is 10. The summed E-state index contributed by atoms with van der Waals surface area (Å²) in [4.78, 5) is 7.04. The molecule has 1 fully saturated rings. The minimum atomic E-state index is -0.349. The van der Waals surface area contributed by atoms with Gasteiger partial charge in [-0.1, -0.05) is 44.0 Å². The summed E-state index contributed by atoms with van der Waals surface area (Å²) in [7, 11) is 0. The van der Waals surface area contributed by atoms with Gasteiger partial charge >= 0.3 is 0 Å². The molecule has 1 aliphatic heterocycles. The summed E-state index contributed by atoms with van der Waals surface area (Å²) in [5.41, 5.74) is 10.2. The standard InChI is InChI=1S/C24H36N4O/c1-3-4-11-24(2,18-29)27-22-15-21(26-23(25)16-22)14-19-7-9-20(10-8-19)17-28-12-5-6-13-28/h7-10,15-16,29H,3-6,11-14,17-18H2,1-2H3,(H3,25,26,27)/t24-/m1/s1. The molecule has 1 aliphatic rings. The maximum Gasteiger partial charge on any atom is 0.125 e. The number of nitrogens with one attached hydrogen (secondary N) is 1. The molecular formula is C24H36N4O. The predicted molar refractivity (Wildman–Crippen MR) is 121 cm³/mol. The summed E-state index contributed by atoms with van der Waals surface area (Å²) >= 11 is 0. The van der Waals surface area contributed by atoms with Crippen LogP contribution in [-0.4, -0.2) is 40.2 Å². The molecule has 1 aromatic carbocycles. The number of nitrogens with zero attached hydrogens (tertiary/aromatic N) is 2. The van der Waals surface area contributed by atoms with Gasteiger partial charge in [-0.3, -0.25) is 4.90 Å². The molecule has 0 spiro atoms. The number of anilines is 2. The number of pyridine rings is 1. The third kappa shape index (κ3) is 6.44. The Balaban J connectivity index is 1.66. The Bertz CT molecular complexity index is 771. The Morgan fingerprint density at radius 2 is 1.83 bits per heavy atom. The molecule has 1 aromatic heterocycles. The minimum Gasteiger partial charge on any atom is -0.394 e. The van der Waals surface area contributed by atoms with Crippen molar-refractivity contribution in [1.29, 1.82) is 0 Å².